The molecule has 8 heteroatoms. The molecule has 0 N–H and O–H groups in total. The number of hydrogen-bond acceptors (Lipinski definition) is 7. The molecular formula is C15H12N2O6. The molecule has 0 atom stereocenters. The first-order chi connectivity index (χ1) is 11.1. The molecule has 3 rings (SSSR count). The van der Waals surface area contributed by atoms with Crippen molar-refractivity contribution in [2.45, 2.75) is 13.2 Å². The fourth-order valence-electron chi connectivity index (χ4n) is 2.20. The molecule has 2 heterocycles. The summed E-state index contributed by atoms with van der Waals surface area (Å²) in [5.74, 6) is -0.105. The lowest BCUT2D eigenvalue weighted by molar-refractivity contribution is -0.385. The van der Waals surface area contributed by atoms with Crippen LogP contribution in [0, 0.1) is 10.1 Å². The second kappa shape index (κ2) is 6.41. The molecule has 0 saturated carbocycles. The van der Waals surface area contributed by atoms with Gasteiger partial charge in [0.1, 0.15) is 12.4 Å². The van der Waals surface area contributed by atoms with E-state index in [0.717, 1.165) is 0 Å². The van der Waals surface area contributed by atoms with E-state index in [1.807, 2.05) is 0 Å². The fraction of sp³-hybridized carbons (Fsp3) is 0.200. The van der Waals surface area contributed by atoms with Crippen LogP contribution < -0.4 is 4.74 Å². The van der Waals surface area contributed by atoms with Crippen LogP contribution in [0.15, 0.2) is 36.7 Å². The van der Waals surface area contributed by atoms with E-state index < -0.39 is 10.9 Å². The van der Waals surface area contributed by atoms with Crippen molar-refractivity contribution in [1.29, 1.82) is 0 Å². The van der Waals surface area contributed by atoms with Gasteiger partial charge in [-0.3, -0.25) is 15.1 Å². The number of hydrogen-bond donors (Lipinski definition) is 0. The standard InChI is InChI=1S/C15H12N2O6/c18-15(10-2-1-3-16-6-10)22-8-12-5-13(17(19)20)4-11-7-21-9-23-14(11)12/h1-6H,7-9H2. The minimum Gasteiger partial charge on any atom is -0.467 e. The first kappa shape index (κ1) is 14.9. The first-order valence-electron chi connectivity index (χ1n) is 6.73. The van der Waals surface area contributed by atoms with Crippen LogP contribution in [-0.2, 0) is 22.7 Å². The summed E-state index contributed by atoms with van der Waals surface area (Å²) < 4.78 is 15.7. The molecule has 0 amide bonds. The zero-order valence-corrected chi connectivity index (χ0v) is 11.9. The summed E-state index contributed by atoms with van der Waals surface area (Å²) in [5.41, 5.74) is 1.17. The van der Waals surface area contributed by atoms with Crippen LogP contribution in [0.3, 0.4) is 0 Å². The average Bonchev–Trinajstić information content (AvgIpc) is 2.59. The largest absolute Gasteiger partial charge is 0.467 e. The second-order valence-corrected chi connectivity index (χ2v) is 4.78. The highest BCUT2D eigenvalue weighted by Crippen LogP contribution is 2.33. The van der Waals surface area contributed by atoms with E-state index in [1.165, 1.54) is 18.3 Å². The molecule has 0 bridgehead atoms. The topological polar surface area (TPSA) is 101 Å². The maximum atomic E-state index is 11.9. The number of benzene rings is 1. The Morgan fingerprint density at radius 2 is 2.30 bits per heavy atom. The highest BCUT2D eigenvalue weighted by Gasteiger charge is 2.22. The van der Waals surface area contributed by atoms with E-state index in [1.54, 1.807) is 18.3 Å². The van der Waals surface area contributed by atoms with Gasteiger partial charge >= 0.3 is 5.97 Å². The van der Waals surface area contributed by atoms with Crippen LogP contribution in [0.25, 0.3) is 0 Å². The number of fused-ring (bicyclic) bond motifs is 1. The number of aromatic nitrogens is 1. The Balaban J connectivity index is 1.83. The smallest absolute Gasteiger partial charge is 0.340 e. The lowest BCUT2D eigenvalue weighted by Gasteiger charge is -2.20. The number of nitrogens with zero attached hydrogens (tertiary/aromatic N) is 2. The van der Waals surface area contributed by atoms with Crippen molar-refractivity contribution in [2.75, 3.05) is 6.79 Å². The van der Waals surface area contributed by atoms with Gasteiger partial charge in [0.05, 0.1) is 17.1 Å². The second-order valence-electron chi connectivity index (χ2n) is 4.78. The van der Waals surface area contributed by atoms with Crippen LogP contribution in [-0.4, -0.2) is 22.7 Å². The van der Waals surface area contributed by atoms with Gasteiger partial charge in [-0.1, -0.05) is 0 Å². The van der Waals surface area contributed by atoms with Crippen LogP contribution in [0.1, 0.15) is 21.5 Å². The molecule has 0 aliphatic carbocycles. The fourth-order valence-corrected chi connectivity index (χ4v) is 2.20. The zero-order chi connectivity index (χ0) is 16.2. The van der Waals surface area contributed by atoms with E-state index in [9.17, 15) is 14.9 Å². The predicted molar refractivity (Wildman–Crippen MR) is 76.7 cm³/mol. The summed E-state index contributed by atoms with van der Waals surface area (Å²) in [6, 6.07) is 5.91. The van der Waals surface area contributed by atoms with E-state index in [4.69, 9.17) is 14.2 Å². The molecule has 1 aromatic heterocycles. The number of esters is 1. The van der Waals surface area contributed by atoms with Gasteiger partial charge in [-0.15, -0.1) is 0 Å². The summed E-state index contributed by atoms with van der Waals surface area (Å²) in [7, 11) is 0. The molecule has 0 saturated heterocycles. The van der Waals surface area contributed by atoms with Crippen molar-refractivity contribution in [3.8, 4) is 5.75 Å². The highest BCUT2D eigenvalue weighted by molar-refractivity contribution is 5.88. The predicted octanol–water partition coefficient (Wildman–Crippen LogP) is 2.21. The van der Waals surface area contributed by atoms with Gasteiger partial charge < -0.3 is 14.2 Å². The first-order valence-corrected chi connectivity index (χ1v) is 6.73. The number of rotatable bonds is 4. The van der Waals surface area contributed by atoms with Crippen molar-refractivity contribution in [3.05, 3.63) is 63.5 Å². The quantitative estimate of drug-likeness (QED) is 0.484. The van der Waals surface area contributed by atoms with Gasteiger partial charge in [0.25, 0.3) is 5.69 Å². The van der Waals surface area contributed by atoms with Crippen molar-refractivity contribution in [2.24, 2.45) is 0 Å². The van der Waals surface area contributed by atoms with Gasteiger partial charge in [0.15, 0.2) is 6.79 Å². The molecule has 118 valence electrons. The normalized spacial score (nSPS) is 12.9. The maximum absolute atomic E-state index is 11.9. The average molecular weight is 316 g/mol. The molecule has 23 heavy (non-hydrogen) atoms. The van der Waals surface area contributed by atoms with Crippen molar-refractivity contribution in [1.82, 2.24) is 4.98 Å². The third-order valence-electron chi connectivity index (χ3n) is 3.24. The van der Waals surface area contributed by atoms with Gasteiger partial charge in [0, 0.05) is 35.7 Å². The molecule has 1 aliphatic heterocycles. The minimum absolute atomic E-state index is 0.0500. The number of nitro benzene ring substituents is 1. The zero-order valence-electron chi connectivity index (χ0n) is 11.9. The third kappa shape index (κ3) is 3.27. The summed E-state index contributed by atoms with van der Waals surface area (Å²) in [5, 5.41) is 11.0. The third-order valence-corrected chi connectivity index (χ3v) is 3.24. The number of ether oxygens (including phenoxy) is 3. The summed E-state index contributed by atoms with van der Waals surface area (Å²) >= 11 is 0. The summed E-state index contributed by atoms with van der Waals surface area (Å²) in [4.78, 5) is 26.3. The van der Waals surface area contributed by atoms with Gasteiger partial charge in [-0.25, -0.2) is 4.79 Å². The Kier molecular flexibility index (Phi) is 4.15. The van der Waals surface area contributed by atoms with Crippen LogP contribution >= 0.6 is 0 Å². The number of non-ortho nitro benzene ring substituents is 1. The Labute approximate surface area is 130 Å². The Morgan fingerprint density at radius 3 is 3.04 bits per heavy atom. The lowest BCUT2D eigenvalue weighted by atomic mass is 10.1. The molecule has 1 aliphatic rings. The van der Waals surface area contributed by atoms with E-state index in [2.05, 4.69) is 4.98 Å². The van der Waals surface area contributed by atoms with E-state index in [-0.39, 0.29) is 25.7 Å². The van der Waals surface area contributed by atoms with Crippen molar-refractivity contribution < 1.29 is 23.9 Å². The molecule has 1 aromatic carbocycles. The number of pyridine rings is 1. The molecule has 0 unspecified atom stereocenters. The highest BCUT2D eigenvalue weighted by atomic mass is 16.7. The monoisotopic (exact) mass is 316 g/mol. The molecular weight excluding hydrogens is 304 g/mol. The SMILES string of the molecule is O=C(OCc1cc([N+](=O)[O-])cc2c1OCOC2)c1cccnc1. The van der Waals surface area contributed by atoms with Gasteiger partial charge in [0.2, 0.25) is 0 Å². The number of nitro groups is 1. The van der Waals surface area contributed by atoms with Gasteiger partial charge in [-0.05, 0) is 12.1 Å². The molecule has 0 spiro atoms. The van der Waals surface area contributed by atoms with Crippen LogP contribution in [0.4, 0.5) is 5.69 Å². The summed E-state index contributed by atoms with van der Waals surface area (Å²) in [6.45, 7) is 0.118. The van der Waals surface area contributed by atoms with Crippen LogP contribution in [0.5, 0.6) is 5.75 Å². The van der Waals surface area contributed by atoms with Gasteiger partial charge in [-0.2, -0.15) is 0 Å². The molecule has 0 radical (unpaired) electrons. The minimum atomic E-state index is -0.564. The van der Waals surface area contributed by atoms with Crippen LogP contribution in [0.2, 0.25) is 0 Å². The van der Waals surface area contributed by atoms with Crippen molar-refractivity contribution >= 4 is 11.7 Å². The Hall–Kier alpha value is -3.00. The summed E-state index contributed by atoms with van der Waals surface area (Å²) in [6.07, 6.45) is 2.93. The maximum Gasteiger partial charge on any atom is 0.340 e. The Morgan fingerprint density at radius 1 is 1.43 bits per heavy atom. The van der Waals surface area contributed by atoms with Crippen molar-refractivity contribution in [3.63, 3.8) is 0 Å². The number of carbonyl (C=O) groups is 1. The molecule has 8 nitrogen and oxygen atoms in total. The lowest BCUT2D eigenvalue weighted by Crippen LogP contribution is -2.15. The number of carbonyl (C=O) groups excluding carboxylic acids is 1. The van der Waals surface area contributed by atoms with E-state index in [0.29, 0.717) is 22.4 Å². The molecule has 2 aromatic rings. The van der Waals surface area contributed by atoms with E-state index >= 15 is 0 Å². The molecule has 0 fully saturated rings. The Bertz CT molecular complexity index is 747.